The SMILES string of the molecule is CNc1nc(C)c([N+](=O)[O-])c(Oc2ccc(C)cc2C)n1. The molecule has 1 heterocycles. The molecule has 0 aliphatic rings. The summed E-state index contributed by atoms with van der Waals surface area (Å²) in [4.78, 5) is 18.7. The van der Waals surface area contributed by atoms with E-state index in [1.165, 1.54) is 0 Å². The molecule has 21 heavy (non-hydrogen) atoms. The van der Waals surface area contributed by atoms with E-state index in [4.69, 9.17) is 4.74 Å². The van der Waals surface area contributed by atoms with Crippen LogP contribution in [0.5, 0.6) is 11.6 Å². The maximum absolute atomic E-state index is 11.2. The van der Waals surface area contributed by atoms with Gasteiger partial charge in [0.25, 0.3) is 0 Å². The predicted molar refractivity (Wildman–Crippen MR) is 79.0 cm³/mol. The van der Waals surface area contributed by atoms with E-state index < -0.39 is 4.92 Å². The molecule has 0 aliphatic carbocycles. The lowest BCUT2D eigenvalue weighted by atomic mass is 10.1. The molecule has 1 aromatic carbocycles. The maximum Gasteiger partial charge on any atom is 0.352 e. The van der Waals surface area contributed by atoms with Crippen LogP contribution in [-0.4, -0.2) is 21.9 Å². The molecule has 2 rings (SSSR count). The van der Waals surface area contributed by atoms with Crippen molar-refractivity contribution in [2.45, 2.75) is 20.8 Å². The third-order valence-electron chi connectivity index (χ3n) is 2.97. The number of aryl methyl sites for hydroxylation is 3. The molecule has 0 aliphatic heterocycles. The zero-order chi connectivity index (χ0) is 15.6. The number of aromatic nitrogens is 2. The molecule has 7 nitrogen and oxygen atoms in total. The van der Waals surface area contributed by atoms with Gasteiger partial charge in [0, 0.05) is 7.05 Å². The van der Waals surface area contributed by atoms with Gasteiger partial charge in [0.2, 0.25) is 5.95 Å². The maximum atomic E-state index is 11.2. The van der Waals surface area contributed by atoms with Crippen LogP contribution >= 0.6 is 0 Å². The van der Waals surface area contributed by atoms with E-state index in [9.17, 15) is 10.1 Å². The highest BCUT2D eigenvalue weighted by molar-refractivity contribution is 5.51. The Morgan fingerprint density at radius 3 is 2.52 bits per heavy atom. The molecule has 0 amide bonds. The monoisotopic (exact) mass is 288 g/mol. The number of ether oxygens (including phenoxy) is 1. The van der Waals surface area contributed by atoms with Crippen LogP contribution in [0.15, 0.2) is 18.2 Å². The van der Waals surface area contributed by atoms with E-state index in [1.54, 1.807) is 20.0 Å². The van der Waals surface area contributed by atoms with Crippen LogP contribution in [0.1, 0.15) is 16.8 Å². The van der Waals surface area contributed by atoms with Gasteiger partial charge in [-0.3, -0.25) is 10.1 Å². The highest BCUT2D eigenvalue weighted by atomic mass is 16.6. The largest absolute Gasteiger partial charge is 0.433 e. The van der Waals surface area contributed by atoms with Crippen molar-refractivity contribution >= 4 is 11.6 Å². The Morgan fingerprint density at radius 2 is 1.95 bits per heavy atom. The number of hydrogen-bond donors (Lipinski definition) is 1. The topological polar surface area (TPSA) is 90.2 Å². The van der Waals surface area contributed by atoms with Crippen LogP contribution in [0.3, 0.4) is 0 Å². The number of benzene rings is 1. The van der Waals surface area contributed by atoms with Gasteiger partial charge in [-0.1, -0.05) is 17.7 Å². The minimum atomic E-state index is -0.534. The van der Waals surface area contributed by atoms with Gasteiger partial charge in [-0.25, -0.2) is 4.98 Å². The molecule has 0 saturated heterocycles. The van der Waals surface area contributed by atoms with E-state index in [0.717, 1.165) is 11.1 Å². The number of nitrogens with zero attached hydrogens (tertiary/aromatic N) is 3. The van der Waals surface area contributed by atoms with Gasteiger partial charge in [0.15, 0.2) is 0 Å². The zero-order valence-electron chi connectivity index (χ0n) is 12.3. The molecule has 0 unspecified atom stereocenters. The fourth-order valence-corrected chi connectivity index (χ4v) is 1.95. The summed E-state index contributed by atoms with van der Waals surface area (Å²) in [5.41, 5.74) is 1.99. The van der Waals surface area contributed by atoms with Crippen molar-refractivity contribution in [1.29, 1.82) is 0 Å². The fraction of sp³-hybridized carbons (Fsp3) is 0.286. The summed E-state index contributed by atoms with van der Waals surface area (Å²) in [6.45, 7) is 5.39. The highest BCUT2D eigenvalue weighted by Crippen LogP contribution is 2.33. The van der Waals surface area contributed by atoms with Crippen molar-refractivity contribution in [2.75, 3.05) is 12.4 Å². The quantitative estimate of drug-likeness (QED) is 0.686. The standard InChI is InChI=1S/C14H16N4O3/c1-8-5-6-11(9(2)7-8)21-13-12(18(19)20)10(3)16-14(15-4)17-13/h5-7H,1-4H3,(H,15,16,17). The van der Waals surface area contributed by atoms with Crippen LogP contribution in [0.2, 0.25) is 0 Å². The Morgan fingerprint density at radius 1 is 1.24 bits per heavy atom. The predicted octanol–water partition coefficient (Wildman–Crippen LogP) is 3.14. The summed E-state index contributed by atoms with van der Waals surface area (Å²) in [6, 6.07) is 5.58. The summed E-state index contributed by atoms with van der Waals surface area (Å²) in [7, 11) is 1.64. The van der Waals surface area contributed by atoms with Crippen molar-refractivity contribution < 1.29 is 9.66 Å². The van der Waals surface area contributed by atoms with Gasteiger partial charge in [-0.15, -0.1) is 0 Å². The van der Waals surface area contributed by atoms with Crippen LogP contribution in [0.4, 0.5) is 11.6 Å². The van der Waals surface area contributed by atoms with Crippen molar-refractivity contribution in [3.8, 4) is 11.6 Å². The summed E-state index contributed by atoms with van der Waals surface area (Å²) in [5, 5.41) is 14.0. The lowest BCUT2D eigenvalue weighted by Gasteiger charge is -2.10. The first kappa shape index (κ1) is 14.7. The van der Waals surface area contributed by atoms with Crippen LogP contribution < -0.4 is 10.1 Å². The highest BCUT2D eigenvalue weighted by Gasteiger charge is 2.24. The van der Waals surface area contributed by atoms with Crippen molar-refractivity contribution in [2.24, 2.45) is 0 Å². The first-order chi connectivity index (χ1) is 9.92. The Hall–Kier alpha value is -2.70. The first-order valence-corrected chi connectivity index (χ1v) is 6.38. The molecule has 0 spiro atoms. The normalized spacial score (nSPS) is 10.3. The second-order valence-corrected chi connectivity index (χ2v) is 4.66. The van der Waals surface area contributed by atoms with E-state index in [0.29, 0.717) is 5.75 Å². The number of rotatable bonds is 4. The Kier molecular flexibility index (Phi) is 4.02. The number of nitrogens with one attached hydrogen (secondary N) is 1. The number of anilines is 1. The van der Waals surface area contributed by atoms with Crippen LogP contribution in [0, 0.1) is 30.9 Å². The van der Waals surface area contributed by atoms with E-state index in [1.807, 2.05) is 26.0 Å². The molecule has 2 aromatic rings. The van der Waals surface area contributed by atoms with Gasteiger partial charge in [0.05, 0.1) is 4.92 Å². The molecule has 0 fully saturated rings. The number of hydrogen-bond acceptors (Lipinski definition) is 6. The van der Waals surface area contributed by atoms with Gasteiger partial charge in [0.1, 0.15) is 11.4 Å². The Balaban J connectivity index is 2.51. The van der Waals surface area contributed by atoms with Crippen molar-refractivity contribution in [3.05, 3.63) is 45.1 Å². The molecule has 0 radical (unpaired) electrons. The third kappa shape index (κ3) is 3.07. The summed E-state index contributed by atoms with van der Waals surface area (Å²) in [5.74, 6) is 0.741. The van der Waals surface area contributed by atoms with Crippen LogP contribution in [0.25, 0.3) is 0 Å². The van der Waals surface area contributed by atoms with E-state index >= 15 is 0 Å². The molecule has 0 bridgehead atoms. The molecule has 1 aromatic heterocycles. The minimum Gasteiger partial charge on any atom is -0.433 e. The second kappa shape index (κ2) is 5.74. The molecule has 0 atom stereocenters. The Bertz CT molecular complexity index is 701. The lowest BCUT2D eigenvalue weighted by Crippen LogP contribution is -2.05. The van der Waals surface area contributed by atoms with Crippen molar-refractivity contribution in [3.63, 3.8) is 0 Å². The number of nitro groups is 1. The molecular weight excluding hydrogens is 272 g/mol. The average Bonchev–Trinajstić information content (AvgIpc) is 2.40. The average molecular weight is 288 g/mol. The second-order valence-electron chi connectivity index (χ2n) is 4.66. The molecule has 1 N–H and O–H groups in total. The summed E-state index contributed by atoms with van der Waals surface area (Å²) in [6.07, 6.45) is 0. The van der Waals surface area contributed by atoms with Crippen molar-refractivity contribution in [1.82, 2.24) is 9.97 Å². The van der Waals surface area contributed by atoms with Gasteiger partial charge in [-0.05, 0) is 32.4 Å². The van der Waals surface area contributed by atoms with E-state index in [2.05, 4.69) is 15.3 Å². The van der Waals surface area contributed by atoms with Gasteiger partial charge in [-0.2, -0.15) is 4.98 Å². The zero-order valence-corrected chi connectivity index (χ0v) is 12.3. The molecule has 110 valence electrons. The Labute approximate surface area is 122 Å². The molecule has 7 heteroatoms. The van der Waals surface area contributed by atoms with E-state index in [-0.39, 0.29) is 23.2 Å². The lowest BCUT2D eigenvalue weighted by molar-refractivity contribution is -0.386. The van der Waals surface area contributed by atoms with Gasteiger partial charge < -0.3 is 10.1 Å². The summed E-state index contributed by atoms with van der Waals surface area (Å²) < 4.78 is 5.65. The smallest absolute Gasteiger partial charge is 0.352 e. The molecule has 0 saturated carbocycles. The summed E-state index contributed by atoms with van der Waals surface area (Å²) >= 11 is 0. The minimum absolute atomic E-state index is 0.0659. The van der Waals surface area contributed by atoms with Crippen LogP contribution in [-0.2, 0) is 0 Å². The van der Waals surface area contributed by atoms with Gasteiger partial charge >= 0.3 is 11.6 Å². The first-order valence-electron chi connectivity index (χ1n) is 6.38. The molecular formula is C14H16N4O3. The fourth-order valence-electron chi connectivity index (χ4n) is 1.95. The third-order valence-corrected chi connectivity index (χ3v) is 2.97.